The molecule has 0 aromatic rings. The van der Waals surface area contributed by atoms with Crippen LogP contribution in [0.15, 0.2) is 0 Å². The van der Waals surface area contributed by atoms with Crippen LogP contribution in [0.25, 0.3) is 0 Å². The van der Waals surface area contributed by atoms with Crippen LogP contribution in [0.4, 0.5) is 0 Å². The molecule has 2 fully saturated rings. The molecule has 0 bridgehead atoms. The van der Waals surface area contributed by atoms with Gasteiger partial charge >= 0.3 is 5.97 Å². The SMILES string of the molecule is O=C(O)[C@H]1CCCN2CCCCN2C1=O. The van der Waals surface area contributed by atoms with E-state index in [1.165, 1.54) is 0 Å². The van der Waals surface area contributed by atoms with Gasteiger partial charge in [0.2, 0.25) is 0 Å². The third kappa shape index (κ3) is 1.97. The quantitative estimate of drug-likeness (QED) is 0.636. The van der Waals surface area contributed by atoms with Gasteiger partial charge in [0.1, 0.15) is 5.92 Å². The molecule has 0 radical (unpaired) electrons. The standard InChI is InChI=1S/C10H16N2O3/c13-9-8(10(14)15)4-3-6-11-5-1-2-7-12(9)11/h8H,1-7H2,(H,14,15)/t8-/m0/s1. The predicted molar refractivity (Wildman–Crippen MR) is 52.9 cm³/mol. The van der Waals surface area contributed by atoms with E-state index < -0.39 is 11.9 Å². The second-order valence-electron chi connectivity index (χ2n) is 4.16. The number of hydrogen-bond acceptors (Lipinski definition) is 3. The molecule has 1 N–H and O–H groups in total. The number of carbonyl (C=O) groups is 2. The summed E-state index contributed by atoms with van der Waals surface area (Å²) in [6, 6.07) is 0. The van der Waals surface area contributed by atoms with E-state index >= 15 is 0 Å². The maximum Gasteiger partial charge on any atom is 0.316 e. The Kier molecular flexibility index (Phi) is 2.90. The smallest absolute Gasteiger partial charge is 0.316 e. The molecule has 0 unspecified atom stereocenters. The number of amides is 1. The number of hydrogen-bond donors (Lipinski definition) is 1. The van der Waals surface area contributed by atoms with E-state index in [1.54, 1.807) is 5.01 Å². The number of hydrazine groups is 1. The Bertz CT molecular complexity index is 280. The highest BCUT2D eigenvalue weighted by Crippen LogP contribution is 2.22. The number of carbonyl (C=O) groups excluding carboxylic acids is 1. The molecule has 2 rings (SSSR count). The van der Waals surface area contributed by atoms with Crippen molar-refractivity contribution in [2.45, 2.75) is 25.7 Å². The Hall–Kier alpha value is -1.10. The van der Waals surface area contributed by atoms with Gasteiger partial charge in [0.05, 0.1) is 0 Å². The summed E-state index contributed by atoms with van der Waals surface area (Å²) in [7, 11) is 0. The molecule has 2 aliphatic heterocycles. The fourth-order valence-electron chi connectivity index (χ4n) is 2.31. The molecule has 5 heteroatoms. The minimum atomic E-state index is -0.979. The van der Waals surface area contributed by atoms with Crippen LogP contribution in [0.1, 0.15) is 25.7 Å². The lowest BCUT2D eigenvalue weighted by atomic mass is 10.0. The maximum atomic E-state index is 11.9. The number of nitrogens with zero attached hydrogens (tertiary/aromatic N) is 2. The van der Waals surface area contributed by atoms with Crippen LogP contribution in [0.5, 0.6) is 0 Å². The number of rotatable bonds is 1. The Morgan fingerprint density at radius 3 is 2.60 bits per heavy atom. The normalized spacial score (nSPS) is 28.4. The zero-order valence-corrected chi connectivity index (χ0v) is 8.69. The first-order chi connectivity index (χ1) is 7.20. The van der Waals surface area contributed by atoms with Gasteiger partial charge in [-0.2, -0.15) is 0 Å². The van der Waals surface area contributed by atoms with Crippen LogP contribution in [0.2, 0.25) is 0 Å². The molecule has 0 aromatic carbocycles. The van der Waals surface area contributed by atoms with E-state index in [-0.39, 0.29) is 5.91 Å². The number of fused-ring (bicyclic) bond motifs is 1. The first-order valence-electron chi connectivity index (χ1n) is 5.49. The number of carboxylic acid groups (broad SMARTS) is 1. The van der Waals surface area contributed by atoms with Crippen molar-refractivity contribution in [3.8, 4) is 0 Å². The van der Waals surface area contributed by atoms with Crippen molar-refractivity contribution < 1.29 is 14.7 Å². The molecule has 2 saturated heterocycles. The Morgan fingerprint density at radius 2 is 1.87 bits per heavy atom. The lowest BCUT2D eigenvalue weighted by Crippen LogP contribution is -2.51. The molecule has 84 valence electrons. The zero-order chi connectivity index (χ0) is 10.8. The van der Waals surface area contributed by atoms with Crippen LogP contribution in [-0.4, -0.2) is 46.6 Å². The summed E-state index contributed by atoms with van der Waals surface area (Å²) in [6.45, 7) is 2.39. The molecular formula is C10H16N2O3. The first kappa shape index (κ1) is 10.4. The average molecular weight is 212 g/mol. The summed E-state index contributed by atoms with van der Waals surface area (Å²) in [6.07, 6.45) is 3.34. The molecule has 0 aromatic heterocycles. The van der Waals surface area contributed by atoms with Crippen molar-refractivity contribution in [2.75, 3.05) is 19.6 Å². The van der Waals surface area contributed by atoms with Gasteiger partial charge in [-0.15, -0.1) is 0 Å². The number of aliphatic carboxylic acids is 1. The predicted octanol–water partition coefficient (Wildman–Crippen LogP) is 0.320. The van der Waals surface area contributed by atoms with Crippen molar-refractivity contribution in [3.63, 3.8) is 0 Å². The van der Waals surface area contributed by atoms with Gasteiger partial charge in [-0.3, -0.25) is 14.6 Å². The van der Waals surface area contributed by atoms with E-state index in [9.17, 15) is 9.59 Å². The van der Waals surface area contributed by atoms with Crippen LogP contribution in [0, 0.1) is 5.92 Å². The lowest BCUT2D eigenvalue weighted by molar-refractivity contribution is -0.161. The fourth-order valence-corrected chi connectivity index (χ4v) is 2.31. The molecular weight excluding hydrogens is 196 g/mol. The summed E-state index contributed by atoms with van der Waals surface area (Å²) in [5, 5.41) is 12.6. The fraction of sp³-hybridized carbons (Fsp3) is 0.800. The van der Waals surface area contributed by atoms with Crippen molar-refractivity contribution in [2.24, 2.45) is 5.92 Å². The van der Waals surface area contributed by atoms with Crippen LogP contribution >= 0.6 is 0 Å². The largest absolute Gasteiger partial charge is 0.481 e. The second-order valence-corrected chi connectivity index (χ2v) is 4.16. The van der Waals surface area contributed by atoms with Gasteiger partial charge in [0.25, 0.3) is 5.91 Å². The Balaban J connectivity index is 2.15. The van der Waals surface area contributed by atoms with Crippen LogP contribution in [-0.2, 0) is 9.59 Å². The summed E-state index contributed by atoms with van der Waals surface area (Å²) in [5.41, 5.74) is 0. The zero-order valence-electron chi connectivity index (χ0n) is 8.69. The van der Waals surface area contributed by atoms with E-state index in [0.29, 0.717) is 13.0 Å². The van der Waals surface area contributed by atoms with E-state index in [2.05, 4.69) is 0 Å². The third-order valence-electron chi connectivity index (χ3n) is 3.14. The third-order valence-corrected chi connectivity index (χ3v) is 3.14. The summed E-state index contributed by atoms with van der Waals surface area (Å²) < 4.78 is 0. The van der Waals surface area contributed by atoms with Crippen molar-refractivity contribution in [3.05, 3.63) is 0 Å². The topological polar surface area (TPSA) is 60.9 Å². The van der Waals surface area contributed by atoms with Gasteiger partial charge < -0.3 is 5.11 Å². The lowest BCUT2D eigenvalue weighted by Gasteiger charge is -2.37. The van der Waals surface area contributed by atoms with Gasteiger partial charge in [0, 0.05) is 19.6 Å². The molecule has 0 aliphatic carbocycles. The summed E-state index contributed by atoms with van der Waals surface area (Å²) >= 11 is 0. The molecule has 2 aliphatic rings. The Morgan fingerprint density at radius 1 is 1.20 bits per heavy atom. The van der Waals surface area contributed by atoms with E-state index in [1.807, 2.05) is 5.01 Å². The van der Waals surface area contributed by atoms with Gasteiger partial charge in [-0.25, -0.2) is 5.01 Å². The van der Waals surface area contributed by atoms with Crippen LogP contribution in [0.3, 0.4) is 0 Å². The first-order valence-corrected chi connectivity index (χ1v) is 5.49. The van der Waals surface area contributed by atoms with Crippen molar-refractivity contribution in [1.82, 2.24) is 10.0 Å². The highest BCUT2D eigenvalue weighted by Gasteiger charge is 2.36. The minimum absolute atomic E-state index is 0.222. The molecule has 15 heavy (non-hydrogen) atoms. The molecule has 1 amide bonds. The summed E-state index contributed by atoms with van der Waals surface area (Å²) in [4.78, 5) is 22.9. The highest BCUT2D eigenvalue weighted by atomic mass is 16.4. The highest BCUT2D eigenvalue weighted by molar-refractivity contribution is 5.96. The van der Waals surface area contributed by atoms with Gasteiger partial charge in [-0.1, -0.05) is 0 Å². The van der Waals surface area contributed by atoms with Crippen molar-refractivity contribution in [1.29, 1.82) is 0 Å². The van der Waals surface area contributed by atoms with E-state index in [0.717, 1.165) is 32.4 Å². The average Bonchev–Trinajstić information content (AvgIpc) is 2.39. The molecule has 0 saturated carbocycles. The molecule has 0 spiro atoms. The monoisotopic (exact) mass is 212 g/mol. The maximum absolute atomic E-state index is 11.9. The molecule has 1 atom stereocenters. The van der Waals surface area contributed by atoms with Crippen molar-refractivity contribution >= 4 is 11.9 Å². The Labute approximate surface area is 88.6 Å². The molecule has 2 heterocycles. The van der Waals surface area contributed by atoms with Gasteiger partial charge in [-0.05, 0) is 25.7 Å². The molecule has 5 nitrogen and oxygen atoms in total. The number of carboxylic acids is 1. The van der Waals surface area contributed by atoms with Crippen LogP contribution < -0.4 is 0 Å². The second kappa shape index (κ2) is 4.18. The van der Waals surface area contributed by atoms with Gasteiger partial charge in [0.15, 0.2) is 0 Å². The summed E-state index contributed by atoms with van der Waals surface area (Å²) in [5.74, 6) is -2.03. The minimum Gasteiger partial charge on any atom is -0.481 e. The van der Waals surface area contributed by atoms with E-state index in [4.69, 9.17) is 5.11 Å².